The second-order valence-electron chi connectivity index (χ2n) is 7.34. The van der Waals surface area contributed by atoms with Crippen LogP contribution in [0.1, 0.15) is 19.3 Å². The number of benzene rings is 2. The summed E-state index contributed by atoms with van der Waals surface area (Å²) in [7, 11) is 3.94. The molecule has 0 bridgehead atoms. The quantitative estimate of drug-likeness (QED) is 0.258. The molecule has 2 aromatic carbocycles. The normalized spacial score (nSPS) is 11.4. The van der Waals surface area contributed by atoms with Crippen molar-refractivity contribution >= 4 is 56.0 Å². The van der Waals surface area contributed by atoms with Crippen molar-refractivity contribution < 1.29 is 13.6 Å². The van der Waals surface area contributed by atoms with Gasteiger partial charge in [0, 0.05) is 29.0 Å². The van der Waals surface area contributed by atoms with Crippen molar-refractivity contribution in [3.8, 4) is 0 Å². The molecule has 0 saturated carbocycles. The predicted octanol–water partition coefficient (Wildman–Crippen LogP) is 6.09. The van der Waals surface area contributed by atoms with Gasteiger partial charge in [0.15, 0.2) is 10.9 Å². The van der Waals surface area contributed by atoms with Gasteiger partial charge in [-0.2, -0.15) is 0 Å². The lowest BCUT2D eigenvalue weighted by atomic mass is 10.3. The standard InChI is InChI=1S/C22H24ClF2N3OS2/c1-27(2)10-4-11-28(22-26-21-18(25)13-16(24)14-19(21)31-22)20(29)5-3-12-30-17-8-6-15(23)7-9-17/h6-9,13-14H,3-5,10-12H2,1-2H3. The summed E-state index contributed by atoms with van der Waals surface area (Å²) in [5.74, 6) is -0.628. The number of halogens is 3. The molecular weight excluding hydrogens is 460 g/mol. The van der Waals surface area contributed by atoms with E-state index in [1.54, 1.807) is 16.7 Å². The van der Waals surface area contributed by atoms with E-state index in [4.69, 9.17) is 11.6 Å². The van der Waals surface area contributed by atoms with Gasteiger partial charge in [-0.1, -0.05) is 22.9 Å². The summed E-state index contributed by atoms with van der Waals surface area (Å²) in [6.07, 6.45) is 1.81. The van der Waals surface area contributed by atoms with Crippen LogP contribution in [-0.4, -0.2) is 48.7 Å². The number of nitrogens with zero attached hydrogens (tertiary/aromatic N) is 3. The number of aromatic nitrogens is 1. The Hall–Kier alpha value is -1.74. The molecule has 4 nitrogen and oxygen atoms in total. The van der Waals surface area contributed by atoms with Gasteiger partial charge in [-0.25, -0.2) is 13.8 Å². The fourth-order valence-electron chi connectivity index (χ4n) is 3.01. The van der Waals surface area contributed by atoms with Crippen molar-refractivity contribution in [2.24, 2.45) is 0 Å². The number of fused-ring (bicyclic) bond motifs is 1. The van der Waals surface area contributed by atoms with E-state index >= 15 is 0 Å². The maximum atomic E-state index is 14.1. The molecule has 0 aliphatic carbocycles. The highest BCUT2D eigenvalue weighted by molar-refractivity contribution is 7.99. The molecule has 0 saturated heterocycles. The number of rotatable bonds is 10. The minimum Gasteiger partial charge on any atom is -0.309 e. The van der Waals surface area contributed by atoms with Crippen LogP contribution in [0.4, 0.5) is 13.9 Å². The highest BCUT2D eigenvalue weighted by Gasteiger charge is 2.21. The van der Waals surface area contributed by atoms with Gasteiger partial charge in [-0.15, -0.1) is 11.8 Å². The lowest BCUT2D eigenvalue weighted by Gasteiger charge is -2.21. The molecule has 3 rings (SSSR count). The molecule has 1 heterocycles. The first kappa shape index (κ1) is 23.9. The Morgan fingerprint density at radius 3 is 2.58 bits per heavy atom. The maximum absolute atomic E-state index is 14.1. The van der Waals surface area contributed by atoms with Gasteiger partial charge >= 0.3 is 0 Å². The van der Waals surface area contributed by atoms with Crippen LogP contribution in [0.15, 0.2) is 41.3 Å². The van der Waals surface area contributed by atoms with Crippen molar-refractivity contribution in [3.63, 3.8) is 0 Å². The van der Waals surface area contributed by atoms with Gasteiger partial charge in [0.1, 0.15) is 11.3 Å². The number of anilines is 1. The second-order valence-corrected chi connectivity index (χ2v) is 9.95. The van der Waals surface area contributed by atoms with E-state index in [2.05, 4.69) is 4.98 Å². The van der Waals surface area contributed by atoms with E-state index in [0.29, 0.717) is 34.2 Å². The Morgan fingerprint density at radius 2 is 1.87 bits per heavy atom. The van der Waals surface area contributed by atoms with Crippen LogP contribution in [-0.2, 0) is 4.79 Å². The molecule has 166 valence electrons. The molecule has 0 spiro atoms. The average molecular weight is 484 g/mol. The number of thiazole rings is 1. The highest BCUT2D eigenvalue weighted by Crippen LogP contribution is 2.32. The van der Waals surface area contributed by atoms with Gasteiger partial charge in [0.25, 0.3) is 0 Å². The van der Waals surface area contributed by atoms with E-state index in [1.165, 1.54) is 6.07 Å². The number of thioether (sulfide) groups is 1. The van der Waals surface area contributed by atoms with Gasteiger partial charge in [-0.3, -0.25) is 9.69 Å². The first-order valence-corrected chi connectivity index (χ1v) is 12.1. The summed E-state index contributed by atoms with van der Waals surface area (Å²) >= 11 is 8.71. The molecular formula is C22H24ClF2N3OS2. The molecule has 31 heavy (non-hydrogen) atoms. The zero-order chi connectivity index (χ0) is 22.4. The third kappa shape index (κ3) is 6.87. The van der Waals surface area contributed by atoms with Crippen molar-refractivity contribution in [3.05, 3.63) is 53.1 Å². The molecule has 0 radical (unpaired) electrons. The van der Waals surface area contributed by atoms with Gasteiger partial charge in [0.2, 0.25) is 5.91 Å². The van der Waals surface area contributed by atoms with Crippen molar-refractivity contribution in [1.29, 1.82) is 0 Å². The number of carbonyl (C=O) groups is 1. The van der Waals surface area contributed by atoms with Crippen LogP contribution in [0.25, 0.3) is 10.2 Å². The third-order valence-electron chi connectivity index (χ3n) is 4.54. The van der Waals surface area contributed by atoms with Crippen molar-refractivity contribution in [1.82, 2.24) is 9.88 Å². The number of hydrogen-bond acceptors (Lipinski definition) is 5. The molecule has 0 N–H and O–H groups in total. The SMILES string of the molecule is CN(C)CCCN(C(=O)CCCSc1ccc(Cl)cc1)c1nc2c(F)cc(F)cc2s1. The minimum atomic E-state index is -0.711. The zero-order valence-corrected chi connectivity index (χ0v) is 19.8. The van der Waals surface area contributed by atoms with Crippen LogP contribution in [0.2, 0.25) is 5.02 Å². The van der Waals surface area contributed by atoms with E-state index in [0.717, 1.165) is 41.0 Å². The number of carbonyl (C=O) groups excluding carboxylic acids is 1. The Kier molecular flexibility index (Phi) is 8.66. The number of hydrogen-bond donors (Lipinski definition) is 0. The molecule has 0 fully saturated rings. The molecule has 1 aromatic heterocycles. The number of amides is 1. The van der Waals surface area contributed by atoms with Crippen molar-refractivity contribution in [2.45, 2.75) is 24.2 Å². The largest absolute Gasteiger partial charge is 0.309 e. The zero-order valence-electron chi connectivity index (χ0n) is 17.4. The predicted molar refractivity (Wildman–Crippen MR) is 126 cm³/mol. The van der Waals surface area contributed by atoms with E-state index < -0.39 is 11.6 Å². The van der Waals surface area contributed by atoms with Gasteiger partial charge < -0.3 is 4.90 Å². The molecule has 0 aliphatic rings. The minimum absolute atomic E-state index is 0.0598. The molecule has 0 atom stereocenters. The van der Waals surface area contributed by atoms with Crippen LogP contribution in [0, 0.1) is 11.6 Å². The molecule has 1 amide bonds. The first-order chi connectivity index (χ1) is 14.8. The Morgan fingerprint density at radius 1 is 1.13 bits per heavy atom. The van der Waals surface area contributed by atoms with E-state index in [9.17, 15) is 13.6 Å². The smallest absolute Gasteiger partial charge is 0.228 e. The summed E-state index contributed by atoms with van der Waals surface area (Å²) in [4.78, 5) is 22.0. The maximum Gasteiger partial charge on any atom is 0.228 e. The lowest BCUT2D eigenvalue weighted by Crippen LogP contribution is -2.33. The van der Waals surface area contributed by atoms with Crippen LogP contribution in [0.3, 0.4) is 0 Å². The van der Waals surface area contributed by atoms with Gasteiger partial charge in [0.05, 0.1) is 4.70 Å². The fraction of sp³-hybridized carbons (Fsp3) is 0.364. The fourth-order valence-corrected chi connectivity index (χ4v) is 5.04. The molecule has 9 heteroatoms. The lowest BCUT2D eigenvalue weighted by molar-refractivity contribution is -0.118. The van der Waals surface area contributed by atoms with Crippen LogP contribution < -0.4 is 4.90 Å². The summed E-state index contributed by atoms with van der Waals surface area (Å²) < 4.78 is 28.1. The highest BCUT2D eigenvalue weighted by atomic mass is 35.5. The summed E-state index contributed by atoms with van der Waals surface area (Å²) in [6.45, 7) is 1.29. The van der Waals surface area contributed by atoms with E-state index in [-0.39, 0.29) is 11.4 Å². The summed E-state index contributed by atoms with van der Waals surface area (Å²) in [5.41, 5.74) is 0.102. The summed E-state index contributed by atoms with van der Waals surface area (Å²) in [5, 5.41) is 1.11. The average Bonchev–Trinajstić information content (AvgIpc) is 3.13. The molecule has 0 aliphatic heterocycles. The monoisotopic (exact) mass is 483 g/mol. The Balaban J connectivity index is 1.66. The van der Waals surface area contributed by atoms with Gasteiger partial charge in [-0.05, 0) is 69.6 Å². The second kappa shape index (κ2) is 11.2. The van der Waals surface area contributed by atoms with Crippen LogP contribution >= 0.6 is 34.7 Å². The first-order valence-electron chi connectivity index (χ1n) is 9.92. The van der Waals surface area contributed by atoms with Crippen molar-refractivity contribution in [2.75, 3.05) is 37.8 Å². The Bertz CT molecular complexity index is 1030. The molecule has 3 aromatic rings. The third-order valence-corrected chi connectivity index (χ3v) is 6.91. The summed E-state index contributed by atoms with van der Waals surface area (Å²) in [6, 6.07) is 9.67. The van der Waals surface area contributed by atoms with E-state index in [1.807, 2.05) is 43.3 Å². The van der Waals surface area contributed by atoms with Crippen LogP contribution in [0.5, 0.6) is 0 Å². The topological polar surface area (TPSA) is 36.4 Å². The Labute approximate surface area is 194 Å². The molecule has 0 unspecified atom stereocenters.